The van der Waals surface area contributed by atoms with Crippen molar-refractivity contribution in [1.29, 1.82) is 0 Å². The van der Waals surface area contributed by atoms with Crippen molar-refractivity contribution in [2.75, 3.05) is 19.6 Å². The van der Waals surface area contributed by atoms with Gasteiger partial charge in [0.1, 0.15) is 33.5 Å². The fourth-order valence-electron chi connectivity index (χ4n) is 22.5. The van der Waals surface area contributed by atoms with Gasteiger partial charge in [-0.15, -0.1) is 0 Å². The molecule has 0 bridgehead atoms. The topological polar surface area (TPSA) is 65.5 Å². The predicted molar refractivity (Wildman–Crippen MR) is 597 cm³/mol. The van der Waals surface area contributed by atoms with Gasteiger partial charge in [-0.05, 0) is 242 Å². The standard InChI is InChI=1S/C70H44N2O2.C64H40N2O2/c1-3-18-45(19-4-1)51-22-9-13-29-63(51)71(50-37-41-58-56-25-11-15-32-66(56)73-68(58)44-50)49-36-40-55-60-38-34-47-42-48(35-39-53(47)69(60)59-27-8-7-24-54(59)62(55)43-49)72(64-30-14-10-23-52(64)46-20-5-2-6-21-46)65-31-17-28-61-57-26-12-16-33-67(57)74-70(61)65;1-3-16-41(17-4-1)47-20-9-12-26-58(47)66(59-27-15-25-56-52-23-11-14-29-61(52)68-64(56)59)44-31-35-48-42(38-44)30-34-55-50-36-32-45(39-57(50)49-21-7-8-24-54(49)63(48)55)65(43-18-5-2-6-19-43)46-33-37-53-51-22-10-13-28-60(51)67-62(53)40-46/h1-44H;1-40H. The number of furan rings is 4. The lowest BCUT2D eigenvalue weighted by molar-refractivity contribution is 0.668. The van der Waals surface area contributed by atoms with Crippen molar-refractivity contribution >= 4 is 242 Å². The number of anilines is 12. The fourth-order valence-corrected chi connectivity index (χ4v) is 22.5. The minimum Gasteiger partial charge on any atom is -0.456 e. The Kier molecular flexibility index (Phi) is 19.2. The van der Waals surface area contributed by atoms with Gasteiger partial charge in [-0.3, -0.25) is 0 Å². The van der Waals surface area contributed by atoms with E-state index in [1.54, 1.807) is 0 Å². The number of rotatable bonds is 15. The van der Waals surface area contributed by atoms with E-state index in [-0.39, 0.29) is 0 Å². The highest BCUT2D eigenvalue weighted by molar-refractivity contribution is 6.34. The van der Waals surface area contributed by atoms with E-state index in [4.69, 9.17) is 17.7 Å². The Morgan fingerprint density at radius 2 is 0.387 bits per heavy atom. The third-order valence-corrected chi connectivity index (χ3v) is 28.8. The minimum atomic E-state index is 0.851. The van der Waals surface area contributed by atoms with Gasteiger partial charge in [0.05, 0.1) is 28.4 Å². The van der Waals surface area contributed by atoms with Crippen LogP contribution in [0.3, 0.4) is 0 Å². The quantitative estimate of drug-likeness (QED) is 0.0941. The van der Waals surface area contributed by atoms with Crippen LogP contribution in [0.25, 0.3) is 207 Å². The summed E-state index contributed by atoms with van der Waals surface area (Å²) in [5.74, 6) is 0. The maximum atomic E-state index is 6.77. The number of hydrogen-bond donors (Lipinski definition) is 0. The Balaban J connectivity index is 0.000000139. The average molecular weight is 1810 g/mol. The third-order valence-electron chi connectivity index (χ3n) is 28.8. The Morgan fingerprint density at radius 3 is 0.803 bits per heavy atom. The molecule has 142 heavy (non-hydrogen) atoms. The number of hydrogen-bond acceptors (Lipinski definition) is 8. The second kappa shape index (κ2) is 33.5. The Bertz CT molecular complexity index is 10100. The molecule has 0 aliphatic heterocycles. The van der Waals surface area contributed by atoms with Gasteiger partial charge in [0.25, 0.3) is 0 Å². The molecule has 29 rings (SSSR count). The molecule has 0 atom stereocenters. The molecule has 4 aromatic heterocycles. The Morgan fingerprint density at radius 1 is 0.127 bits per heavy atom. The van der Waals surface area contributed by atoms with Gasteiger partial charge in [0.2, 0.25) is 0 Å². The second-order valence-corrected chi connectivity index (χ2v) is 36.7. The van der Waals surface area contributed by atoms with Gasteiger partial charge < -0.3 is 37.3 Å². The van der Waals surface area contributed by atoms with Crippen molar-refractivity contribution in [2.24, 2.45) is 0 Å². The molecule has 0 aliphatic carbocycles. The molecular weight excluding hydrogens is 1730 g/mol. The fraction of sp³-hybridized carbons (Fsp3) is 0. The molecular formula is C134H84N4O4. The first-order valence-corrected chi connectivity index (χ1v) is 48.4. The maximum absolute atomic E-state index is 6.77. The van der Waals surface area contributed by atoms with Crippen molar-refractivity contribution < 1.29 is 17.7 Å². The van der Waals surface area contributed by atoms with Crippen molar-refractivity contribution in [3.63, 3.8) is 0 Å². The molecule has 0 spiro atoms. The molecule has 0 amide bonds. The van der Waals surface area contributed by atoms with Crippen LogP contribution in [0.5, 0.6) is 0 Å². The number of nitrogens with zero attached hydrogens (tertiary/aromatic N) is 4. The van der Waals surface area contributed by atoms with Crippen LogP contribution in [0.1, 0.15) is 0 Å². The zero-order valence-corrected chi connectivity index (χ0v) is 76.9. The van der Waals surface area contributed by atoms with E-state index < -0.39 is 0 Å². The van der Waals surface area contributed by atoms with Crippen LogP contribution >= 0.6 is 0 Å². The zero-order valence-electron chi connectivity index (χ0n) is 76.9. The summed E-state index contributed by atoms with van der Waals surface area (Å²) in [6.45, 7) is 0. The summed E-state index contributed by atoms with van der Waals surface area (Å²) in [4.78, 5) is 9.48. The van der Waals surface area contributed by atoms with E-state index >= 15 is 0 Å². The van der Waals surface area contributed by atoms with E-state index in [1.807, 2.05) is 36.4 Å². The summed E-state index contributed by atoms with van der Waals surface area (Å²) in [6.07, 6.45) is 0. The van der Waals surface area contributed by atoms with E-state index in [0.717, 1.165) is 200 Å². The van der Waals surface area contributed by atoms with Crippen LogP contribution in [-0.4, -0.2) is 0 Å². The smallest absolute Gasteiger partial charge is 0.159 e. The molecule has 0 saturated heterocycles. The largest absolute Gasteiger partial charge is 0.456 e. The highest BCUT2D eigenvalue weighted by atomic mass is 16.3. The van der Waals surface area contributed by atoms with Crippen LogP contribution in [-0.2, 0) is 0 Å². The first-order chi connectivity index (χ1) is 70.4. The summed E-state index contributed by atoms with van der Waals surface area (Å²) in [6, 6.07) is 183. The summed E-state index contributed by atoms with van der Waals surface area (Å²) >= 11 is 0. The molecule has 8 heteroatoms. The summed E-state index contributed by atoms with van der Waals surface area (Å²) < 4.78 is 26.4. The van der Waals surface area contributed by atoms with Gasteiger partial charge in [-0.1, -0.05) is 358 Å². The maximum Gasteiger partial charge on any atom is 0.159 e. The van der Waals surface area contributed by atoms with E-state index in [2.05, 4.69) is 493 Å². The van der Waals surface area contributed by atoms with E-state index in [9.17, 15) is 0 Å². The van der Waals surface area contributed by atoms with Crippen LogP contribution in [0.2, 0.25) is 0 Å². The van der Waals surface area contributed by atoms with Crippen LogP contribution in [0.4, 0.5) is 68.2 Å². The monoisotopic (exact) mass is 1810 g/mol. The molecule has 0 N–H and O–H groups in total. The molecule has 0 radical (unpaired) electrons. The summed E-state index contributed by atoms with van der Waals surface area (Å²) in [7, 11) is 0. The lowest BCUT2D eigenvalue weighted by atomic mass is 9.90. The number of fused-ring (bicyclic) bond motifs is 28. The lowest BCUT2D eigenvalue weighted by Crippen LogP contribution is -2.11. The van der Waals surface area contributed by atoms with Crippen LogP contribution in [0.15, 0.2) is 527 Å². The lowest BCUT2D eigenvalue weighted by Gasteiger charge is -2.28. The van der Waals surface area contributed by atoms with Crippen LogP contribution < -0.4 is 19.6 Å². The predicted octanol–water partition coefficient (Wildman–Crippen LogP) is 39.1. The van der Waals surface area contributed by atoms with Crippen molar-refractivity contribution in [3.8, 4) is 33.4 Å². The van der Waals surface area contributed by atoms with Gasteiger partial charge in [-0.2, -0.15) is 0 Å². The van der Waals surface area contributed by atoms with Gasteiger partial charge in [0, 0.05) is 112 Å². The van der Waals surface area contributed by atoms with Gasteiger partial charge in [-0.25, -0.2) is 0 Å². The molecule has 8 nitrogen and oxygen atoms in total. The summed E-state index contributed by atoms with van der Waals surface area (Å²) in [5.41, 5.74) is 26.3. The molecule has 25 aromatic carbocycles. The first-order valence-electron chi connectivity index (χ1n) is 48.4. The number of para-hydroxylation sites is 10. The average Bonchev–Trinajstić information content (AvgIpc) is 0.808. The van der Waals surface area contributed by atoms with E-state index in [0.29, 0.717) is 0 Å². The zero-order chi connectivity index (χ0) is 93.4. The molecule has 0 fully saturated rings. The molecule has 4 heterocycles. The number of benzene rings is 25. The first kappa shape index (κ1) is 81.3. The SMILES string of the molecule is c1ccc(-c2ccccc2N(c2ccc3c(c2)oc2ccccc23)c2ccc3c(c2)c2ccccc2c2c4ccc(N(c5ccccc5-c5ccccc5)c5cccc6c5oc5ccccc56)cc4ccc32)cc1.c1ccc(-c2ccccc2N(c2ccc3c(ccc4c5ccc(N(c6ccccc6)c6ccc7c(c6)oc6ccccc67)cc5c5ccccc5c34)c2)c2cccc3c2oc2ccccc23)cc1. The Labute approximate surface area is 816 Å². The summed E-state index contributed by atoms with van der Waals surface area (Å²) in [5, 5.41) is 28.1. The molecule has 0 saturated carbocycles. The van der Waals surface area contributed by atoms with Crippen molar-refractivity contribution in [1.82, 2.24) is 0 Å². The molecule has 0 unspecified atom stereocenters. The molecule has 0 aliphatic rings. The normalized spacial score (nSPS) is 11.8. The van der Waals surface area contributed by atoms with Crippen LogP contribution in [0, 0.1) is 0 Å². The third kappa shape index (κ3) is 13.4. The minimum absolute atomic E-state index is 0.851. The van der Waals surface area contributed by atoms with Crippen molar-refractivity contribution in [3.05, 3.63) is 510 Å². The highest BCUT2D eigenvalue weighted by Crippen LogP contribution is 2.54. The van der Waals surface area contributed by atoms with Gasteiger partial charge in [0.15, 0.2) is 11.2 Å². The second-order valence-electron chi connectivity index (χ2n) is 36.7. The van der Waals surface area contributed by atoms with Gasteiger partial charge >= 0.3 is 0 Å². The molecule has 29 aromatic rings. The van der Waals surface area contributed by atoms with Crippen molar-refractivity contribution in [2.45, 2.75) is 0 Å². The Hall–Kier alpha value is -19.0. The van der Waals surface area contributed by atoms with E-state index in [1.165, 1.54) is 75.4 Å². The highest BCUT2D eigenvalue weighted by Gasteiger charge is 2.29. The molecule has 664 valence electrons.